The highest BCUT2D eigenvalue weighted by molar-refractivity contribution is 6.07. The summed E-state index contributed by atoms with van der Waals surface area (Å²) in [5.74, 6) is -0.721. The highest BCUT2D eigenvalue weighted by Gasteiger charge is 2.23. The highest BCUT2D eigenvalue weighted by Crippen LogP contribution is 2.21. The van der Waals surface area contributed by atoms with E-state index in [1.165, 1.54) is 17.9 Å². The van der Waals surface area contributed by atoms with Crippen molar-refractivity contribution in [3.63, 3.8) is 0 Å². The van der Waals surface area contributed by atoms with Gasteiger partial charge in [0.1, 0.15) is 5.69 Å². The van der Waals surface area contributed by atoms with E-state index in [4.69, 9.17) is 9.47 Å². The molecular formula is C13H17N5O4. The molecule has 1 amide bonds. The van der Waals surface area contributed by atoms with Crippen LogP contribution < -0.4 is 10.1 Å². The molecule has 0 saturated heterocycles. The van der Waals surface area contributed by atoms with E-state index < -0.39 is 11.9 Å². The van der Waals surface area contributed by atoms with Gasteiger partial charge in [-0.1, -0.05) is 0 Å². The third kappa shape index (κ3) is 2.92. The van der Waals surface area contributed by atoms with Crippen LogP contribution in [0.4, 0.5) is 5.69 Å². The van der Waals surface area contributed by atoms with Crippen molar-refractivity contribution in [2.24, 2.45) is 7.05 Å². The lowest BCUT2D eigenvalue weighted by Crippen LogP contribution is -2.17. The number of rotatable bonds is 5. The standard InChI is InChI=1S/C13H17N5O4/c1-5-22-9-6-8(15-16-9)12(19)14-10-7(2)17-18(3)11(10)13(20)21-4/h6H,5H2,1-4H3,(H,14,19)(H,15,16). The van der Waals surface area contributed by atoms with Gasteiger partial charge in [-0.05, 0) is 13.8 Å². The number of ether oxygens (including phenoxy) is 2. The predicted octanol–water partition coefficient (Wildman–Crippen LogP) is 0.889. The summed E-state index contributed by atoms with van der Waals surface area (Å²) < 4.78 is 11.2. The molecule has 118 valence electrons. The first-order chi connectivity index (χ1) is 10.5. The monoisotopic (exact) mass is 307 g/mol. The summed E-state index contributed by atoms with van der Waals surface area (Å²) in [6.45, 7) is 3.94. The zero-order valence-corrected chi connectivity index (χ0v) is 12.8. The molecule has 0 bridgehead atoms. The van der Waals surface area contributed by atoms with Gasteiger partial charge in [0.05, 0.1) is 25.1 Å². The molecule has 0 aliphatic rings. The second-order valence-electron chi connectivity index (χ2n) is 4.43. The van der Waals surface area contributed by atoms with Crippen LogP contribution in [0.3, 0.4) is 0 Å². The molecule has 0 aliphatic carbocycles. The number of aromatic nitrogens is 4. The van der Waals surface area contributed by atoms with Crippen molar-refractivity contribution < 1.29 is 19.1 Å². The van der Waals surface area contributed by atoms with Crippen LogP contribution in [-0.4, -0.2) is 45.6 Å². The molecule has 0 aliphatic heterocycles. The molecular weight excluding hydrogens is 290 g/mol. The van der Waals surface area contributed by atoms with E-state index in [0.29, 0.717) is 23.9 Å². The molecule has 0 saturated carbocycles. The van der Waals surface area contributed by atoms with Crippen molar-refractivity contribution in [3.05, 3.63) is 23.1 Å². The summed E-state index contributed by atoms with van der Waals surface area (Å²) in [7, 11) is 2.86. The van der Waals surface area contributed by atoms with E-state index in [-0.39, 0.29) is 11.4 Å². The molecule has 2 aromatic rings. The lowest BCUT2D eigenvalue weighted by Gasteiger charge is -2.05. The number of aryl methyl sites for hydroxylation is 2. The molecule has 0 radical (unpaired) electrons. The van der Waals surface area contributed by atoms with Gasteiger partial charge in [0.25, 0.3) is 5.91 Å². The van der Waals surface area contributed by atoms with Gasteiger partial charge in [-0.2, -0.15) is 5.10 Å². The number of hydrogen-bond acceptors (Lipinski definition) is 6. The number of nitrogens with one attached hydrogen (secondary N) is 2. The van der Waals surface area contributed by atoms with Crippen LogP contribution in [0, 0.1) is 6.92 Å². The summed E-state index contributed by atoms with van der Waals surface area (Å²) in [5.41, 5.74) is 1.17. The van der Waals surface area contributed by atoms with Gasteiger partial charge in [-0.15, -0.1) is 5.10 Å². The normalized spacial score (nSPS) is 10.4. The largest absolute Gasteiger partial charge is 0.477 e. The lowest BCUT2D eigenvalue weighted by molar-refractivity contribution is 0.0589. The Morgan fingerprint density at radius 1 is 1.45 bits per heavy atom. The number of H-pyrrole nitrogens is 1. The number of carbonyl (C=O) groups is 2. The van der Waals surface area contributed by atoms with E-state index in [1.807, 2.05) is 6.92 Å². The Morgan fingerprint density at radius 2 is 2.18 bits per heavy atom. The Kier molecular flexibility index (Phi) is 4.44. The third-order valence-corrected chi connectivity index (χ3v) is 2.93. The topological polar surface area (TPSA) is 111 Å². The molecule has 0 fully saturated rings. The molecule has 2 rings (SSSR count). The second-order valence-corrected chi connectivity index (χ2v) is 4.43. The van der Waals surface area contributed by atoms with Crippen LogP contribution in [0.5, 0.6) is 5.88 Å². The first-order valence-corrected chi connectivity index (χ1v) is 6.59. The maximum absolute atomic E-state index is 12.2. The highest BCUT2D eigenvalue weighted by atomic mass is 16.5. The van der Waals surface area contributed by atoms with Crippen molar-refractivity contribution in [3.8, 4) is 5.88 Å². The molecule has 9 heteroatoms. The van der Waals surface area contributed by atoms with Crippen LogP contribution in [0.1, 0.15) is 33.6 Å². The lowest BCUT2D eigenvalue weighted by atomic mass is 10.2. The Labute approximate surface area is 126 Å². The molecule has 2 aromatic heterocycles. The number of aromatic amines is 1. The minimum absolute atomic E-state index is 0.165. The van der Waals surface area contributed by atoms with Crippen molar-refractivity contribution in [1.29, 1.82) is 0 Å². The number of carbonyl (C=O) groups excluding carboxylic acids is 2. The molecule has 0 spiro atoms. The Balaban J connectivity index is 2.26. The van der Waals surface area contributed by atoms with E-state index >= 15 is 0 Å². The average Bonchev–Trinajstić information content (AvgIpc) is 3.04. The van der Waals surface area contributed by atoms with Crippen LogP contribution in [0.15, 0.2) is 6.07 Å². The fourth-order valence-corrected chi connectivity index (χ4v) is 1.96. The fraction of sp³-hybridized carbons (Fsp3) is 0.385. The second kappa shape index (κ2) is 6.29. The summed E-state index contributed by atoms with van der Waals surface area (Å²) in [4.78, 5) is 24.0. The first-order valence-electron chi connectivity index (χ1n) is 6.59. The zero-order chi connectivity index (χ0) is 16.3. The van der Waals surface area contributed by atoms with Crippen LogP contribution in [0.2, 0.25) is 0 Å². The van der Waals surface area contributed by atoms with Gasteiger partial charge in [0.2, 0.25) is 5.88 Å². The average molecular weight is 307 g/mol. The first kappa shape index (κ1) is 15.5. The molecule has 9 nitrogen and oxygen atoms in total. The number of nitrogens with zero attached hydrogens (tertiary/aromatic N) is 3. The van der Waals surface area contributed by atoms with Crippen molar-refractivity contribution in [2.75, 3.05) is 19.0 Å². The third-order valence-electron chi connectivity index (χ3n) is 2.93. The molecule has 0 aromatic carbocycles. The number of amides is 1. The van der Waals surface area contributed by atoms with Crippen molar-refractivity contribution >= 4 is 17.6 Å². The van der Waals surface area contributed by atoms with Gasteiger partial charge in [0, 0.05) is 13.1 Å². The molecule has 2 heterocycles. The zero-order valence-electron chi connectivity index (χ0n) is 12.8. The Bertz CT molecular complexity index is 703. The number of methoxy groups -OCH3 is 1. The Morgan fingerprint density at radius 3 is 2.82 bits per heavy atom. The summed E-state index contributed by atoms with van der Waals surface area (Å²) >= 11 is 0. The SMILES string of the molecule is CCOc1cc(C(=O)Nc2c(C)nn(C)c2C(=O)OC)[nH]n1. The summed E-state index contributed by atoms with van der Waals surface area (Å²) in [5, 5.41) is 13.2. The summed E-state index contributed by atoms with van der Waals surface area (Å²) in [6.07, 6.45) is 0. The van der Waals surface area contributed by atoms with E-state index in [1.54, 1.807) is 14.0 Å². The van der Waals surface area contributed by atoms with Crippen molar-refractivity contribution in [2.45, 2.75) is 13.8 Å². The maximum atomic E-state index is 12.2. The maximum Gasteiger partial charge on any atom is 0.358 e. The van der Waals surface area contributed by atoms with Crippen LogP contribution in [-0.2, 0) is 11.8 Å². The van der Waals surface area contributed by atoms with Gasteiger partial charge in [0.15, 0.2) is 5.69 Å². The molecule has 22 heavy (non-hydrogen) atoms. The number of hydrogen-bond donors (Lipinski definition) is 2. The molecule has 0 atom stereocenters. The van der Waals surface area contributed by atoms with Gasteiger partial charge >= 0.3 is 5.97 Å². The predicted molar refractivity (Wildman–Crippen MR) is 77.0 cm³/mol. The van der Waals surface area contributed by atoms with Crippen molar-refractivity contribution in [1.82, 2.24) is 20.0 Å². The minimum Gasteiger partial charge on any atom is -0.477 e. The Hall–Kier alpha value is -2.84. The summed E-state index contributed by atoms with van der Waals surface area (Å²) in [6, 6.07) is 1.47. The molecule has 2 N–H and O–H groups in total. The quantitative estimate of drug-likeness (QED) is 0.794. The van der Waals surface area contributed by atoms with E-state index in [2.05, 4.69) is 20.6 Å². The molecule has 0 unspecified atom stereocenters. The van der Waals surface area contributed by atoms with Gasteiger partial charge in [-0.25, -0.2) is 4.79 Å². The minimum atomic E-state index is -0.585. The van der Waals surface area contributed by atoms with E-state index in [9.17, 15) is 9.59 Å². The van der Waals surface area contributed by atoms with E-state index in [0.717, 1.165) is 0 Å². The van der Waals surface area contributed by atoms with Gasteiger partial charge in [-0.3, -0.25) is 14.6 Å². The smallest absolute Gasteiger partial charge is 0.358 e. The number of esters is 1. The number of anilines is 1. The van der Waals surface area contributed by atoms with Crippen LogP contribution >= 0.6 is 0 Å². The van der Waals surface area contributed by atoms with Crippen LogP contribution in [0.25, 0.3) is 0 Å². The fourth-order valence-electron chi connectivity index (χ4n) is 1.96. The van der Waals surface area contributed by atoms with Gasteiger partial charge < -0.3 is 14.8 Å².